The fraction of sp³-hybridized carbons (Fsp3) is 0.545. The van der Waals surface area contributed by atoms with Gasteiger partial charge in [-0.2, -0.15) is 0 Å². The lowest BCUT2D eigenvalue weighted by atomic mass is 10.3. The van der Waals surface area contributed by atoms with Gasteiger partial charge < -0.3 is 19.4 Å². The van der Waals surface area contributed by atoms with E-state index in [1.54, 1.807) is 6.07 Å². The maximum absolute atomic E-state index is 10.6. The third-order valence-electron chi connectivity index (χ3n) is 2.18. The summed E-state index contributed by atoms with van der Waals surface area (Å²) < 4.78 is 9.92. The van der Waals surface area contributed by atoms with Crippen molar-refractivity contribution in [2.24, 2.45) is 0 Å². The van der Waals surface area contributed by atoms with Crippen molar-refractivity contribution in [3.8, 4) is 0 Å². The number of furan rings is 1. The van der Waals surface area contributed by atoms with Crippen molar-refractivity contribution in [1.29, 1.82) is 0 Å². The first-order valence-corrected chi connectivity index (χ1v) is 5.20. The zero-order valence-corrected chi connectivity index (χ0v) is 9.92. The number of carbonyl (C=O) groups is 1. The second kappa shape index (κ2) is 6.39. The van der Waals surface area contributed by atoms with Crippen LogP contribution in [0.5, 0.6) is 0 Å². The van der Waals surface area contributed by atoms with Crippen LogP contribution in [0.3, 0.4) is 0 Å². The van der Waals surface area contributed by atoms with E-state index in [1.165, 1.54) is 13.2 Å². The molecule has 0 aliphatic heterocycles. The Balaban J connectivity index is 2.44. The molecule has 0 bridgehead atoms. The van der Waals surface area contributed by atoms with Crippen molar-refractivity contribution in [3.05, 3.63) is 23.7 Å². The number of likely N-dealkylation sites (N-methyl/N-ethyl adjacent to an activating group) is 1. The molecule has 0 aliphatic rings. The zero-order valence-electron chi connectivity index (χ0n) is 9.92. The van der Waals surface area contributed by atoms with Crippen LogP contribution in [0, 0.1) is 0 Å². The van der Waals surface area contributed by atoms with Gasteiger partial charge in [-0.05, 0) is 19.2 Å². The van der Waals surface area contributed by atoms with Crippen molar-refractivity contribution in [1.82, 2.24) is 4.90 Å². The Morgan fingerprint density at radius 1 is 1.59 bits per heavy atom. The highest BCUT2D eigenvalue weighted by molar-refractivity contribution is 5.84. The molecule has 0 saturated heterocycles. The first kappa shape index (κ1) is 13.7. The largest absolute Gasteiger partial charge is 0.475 e. The number of methoxy groups -OCH3 is 1. The molecule has 1 heterocycles. The Morgan fingerprint density at radius 3 is 2.82 bits per heavy atom. The Kier molecular flexibility index (Phi) is 5.14. The normalized spacial score (nSPS) is 12.9. The quantitative estimate of drug-likeness (QED) is 0.722. The van der Waals surface area contributed by atoms with Crippen LogP contribution in [0.4, 0.5) is 0 Å². The van der Waals surface area contributed by atoms with E-state index in [1.807, 2.05) is 11.9 Å². The fourth-order valence-electron chi connectivity index (χ4n) is 1.51. The summed E-state index contributed by atoms with van der Waals surface area (Å²) in [5.74, 6) is -0.612. The average molecular weight is 243 g/mol. The van der Waals surface area contributed by atoms with Gasteiger partial charge in [-0.25, -0.2) is 4.79 Å². The Morgan fingerprint density at radius 2 is 2.29 bits per heavy atom. The first-order valence-electron chi connectivity index (χ1n) is 5.20. The maximum atomic E-state index is 10.6. The summed E-state index contributed by atoms with van der Waals surface area (Å²) in [5, 5.41) is 18.2. The zero-order chi connectivity index (χ0) is 12.8. The van der Waals surface area contributed by atoms with E-state index in [4.69, 9.17) is 14.3 Å². The van der Waals surface area contributed by atoms with Gasteiger partial charge in [-0.1, -0.05) is 0 Å². The molecule has 2 N–H and O–H groups in total. The van der Waals surface area contributed by atoms with Crippen LogP contribution in [0.2, 0.25) is 0 Å². The molecule has 6 heteroatoms. The van der Waals surface area contributed by atoms with Gasteiger partial charge >= 0.3 is 5.97 Å². The van der Waals surface area contributed by atoms with Gasteiger partial charge in [0.05, 0.1) is 19.3 Å². The number of aromatic carboxylic acids is 1. The molecule has 1 unspecified atom stereocenters. The Hall–Kier alpha value is -1.37. The lowest BCUT2D eigenvalue weighted by Gasteiger charge is -2.18. The van der Waals surface area contributed by atoms with Crippen LogP contribution in [0.25, 0.3) is 0 Å². The van der Waals surface area contributed by atoms with Crippen molar-refractivity contribution in [2.45, 2.75) is 12.6 Å². The second-order valence-corrected chi connectivity index (χ2v) is 3.88. The van der Waals surface area contributed by atoms with Gasteiger partial charge in [0.1, 0.15) is 5.76 Å². The third kappa shape index (κ3) is 4.56. The molecule has 0 radical (unpaired) electrons. The standard InChI is InChI=1S/C11H17NO5/c1-12(5-8(13)7-16-2)6-9-3-4-10(17-9)11(14)15/h3-4,8,13H,5-7H2,1-2H3,(H,14,15). The summed E-state index contributed by atoms with van der Waals surface area (Å²) in [6.45, 7) is 1.13. The van der Waals surface area contributed by atoms with Crippen molar-refractivity contribution < 1.29 is 24.2 Å². The molecule has 6 nitrogen and oxygen atoms in total. The molecular weight excluding hydrogens is 226 g/mol. The predicted octanol–water partition coefficient (Wildman–Crippen LogP) is 0.417. The number of ether oxygens (including phenoxy) is 1. The van der Waals surface area contributed by atoms with E-state index in [9.17, 15) is 9.90 Å². The average Bonchev–Trinajstić information content (AvgIpc) is 2.66. The minimum Gasteiger partial charge on any atom is -0.475 e. The highest BCUT2D eigenvalue weighted by Crippen LogP contribution is 2.10. The second-order valence-electron chi connectivity index (χ2n) is 3.88. The lowest BCUT2D eigenvalue weighted by Crippen LogP contribution is -2.31. The monoisotopic (exact) mass is 243 g/mol. The van der Waals surface area contributed by atoms with Crippen LogP contribution >= 0.6 is 0 Å². The number of aliphatic hydroxyl groups excluding tert-OH is 1. The van der Waals surface area contributed by atoms with E-state index >= 15 is 0 Å². The van der Waals surface area contributed by atoms with Gasteiger partial charge in [0.15, 0.2) is 0 Å². The molecule has 0 aliphatic carbocycles. The highest BCUT2D eigenvalue weighted by Gasteiger charge is 2.12. The number of nitrogens with zero attached hydrogens (tertiary/aromatic N) is 1. The van der Waals surface area contributed by atoms with Crippen LogP contribution < -0.4 is 0 Å². The summed E-state index contributed by atoms with van der Waals surface area (Å²) in [7, 11) is 3.33. The molecule has 0 amide bonds. The van der Waals surface area contributed by atoms with E-state index < -0.39 is 12.1 Å². The SMILES string of the molecule is COCC(O)CN(C)Cc1ccc(C(=O)O)o1. The van der Waals surface area contributed by atoms with Crippen molar-refractivity contribution in [2.75, 3.05) is 27.3 Å². The first-order chi connectivity index (χ1) is 8.02. The summed E-state index contributed by atoms with van der Waals surface area (Å²) in [4.78, 5) is 12.4. The molecule has 0 aromatic carbocycles. The molecule has 0 fully saturated rings. The molecule has 1 atom stereocenters. The third-order valence-corrected chi connectivity index (χ3v) is 2.18. The highest BCUT2D eigenvalue weighted by atomic mass is 16.5. The van der Waals surface area contributed by atoms with E-state index in [0.717, 1.165) is 0 Å². The number of hydrogen-bond donors (Lipinski definition) is 2. The van der Waals surface area contributed by atoms with Crippen LogP contribution in [-0.4, -0.2) is 54.5 Å². The van der Waals surface area contributed by atoms with Gasteiger partial charge in [-0.3, -0.25) is 4.90 Å². The Labute approximate surface area is 99.4 Å². The van der Waals surface area contributed by atoms with Gasteiger partial charge in [-0.15, -0.1) is 0 Å². The lowest BCUT2D eigenvalue weighted by molar-refractivity contribution is 0.0404. The summed E-state index contributed by atoms with van der Waals surface area (Å²) in [6.07, 6.45) is -0.570. The minimum absolute atomic E-state index is 0.0779. The fourth-order valence-corrected chi connectivity index (χ4v) is 1.51. The summed E-state index contributed by atoms with van der Waals surface area (Å²) >= 11 is 0. The minimum atomic E-state index is -1.08. The van der Waals surface area contributed by atoms with Crippen molar-refractivity contribution >= 4 is 5.97 Å². The summed E-state index contributed by atoms with van der Waals surface area (Å²) in [5.41, 5.74) is 0. The van der Waals surface area contributed by atoms with E-state index in [0.29, 0.717) is 18.8 Å². The topological polar surface area (TPSA) is 83.1 Å². The molecule has 96 valence electrons. The van der Waals surface area contributed by atoms with Gasteiger partial charge in [0.2, 0.25) is 5.76 Å². The van der Waals surface area contributed by atoms with Crippen LogP contribution in [-0.2, 0) is 11.3 Å². The molecule has 17 heavy (non-hydrogen) atoms. The smallest absolute Gasteiger partial charge is 0.371 e. The molecular formula is C11H17NO5. The number of rotatable bonds is 7. The van der Waals surface area contributed by atoms with Gasteiger partial charge in [0.25, 0.3) is 0 Å². The molecule has 1 rings (SSSR count). The number of carboxylic acids is 1. The molecule has 1 aromatic heterocycles. The van der Waals surface area contributed by atoms with Crippen molar-refractivity contribution in [3.63, 3.8) is 0 Å². The molecule has 0 spiro atoms. The van der Waals surface area contributed by atoms with Crippen LogP contribution in [0.15, 0.2) is 16.5 Å². The molecule has 1 aromatic rings. The number of aliphatic hydroxyl groups is 1. The Bertz CT molecular complexity index is 362. The van der Waals surface area contributed by atoms with Crippen LogP contribution in [0.1, 0.15) is 16.3 Å². The van der Waals surface area contributed by atoms with E-state index in [-0.39, 0.29) is 12.4 Å². The van der Waals surface area contributed by atoms with Gasteiger partial charge in [0, 0.05) is 13.7 Å². The van der Waals surface area contributed by atoms with E-state index in [2.05, 4.69) is 0 Å². The molecule has 0 saturated carbocycles. The maximum Gasteiger partial charge on any atom is 0.371 e. The predicted molar refractivity (Wildman–Crippen MR) is 59.9 cm³/mol. The number of carboxylic acid groups (broad SMARTS) is 1. The number of hydrogen-bond acceptors (Lipinski definition) is 5. The summed E-state index contributed by atoms with van der Waals surface area (Å²) in [6, 6.07) is 3.03.